The molecular formula is C38H25Br2ClN2O2S. The molecule has 0 fully saturated rings. The summed E-state index contributed by atoms with van der Waals surface area (Å²) in [7, 11) is 0. The molecular weight excluding hydrogens is 744 g/mol. The van der Waals surface area contributed by atoms with Crippen LogP contribution in [0.5, 0.6) is 5.75 Å². The van der Waals surface area contributed by atoms with Crippen molar-refractivity contribution in [2.75, 3.05) is 0 Å². The Bertz CT molecular complexity index is 2380. The van der Waals surface area contributed by atoms with Crippen molar-refractivity contribution in [3.63, 3.8) is 0 Å². The van der Waals surface area contributed by atoms with E-state index in [0.717, 1.165) is 55.3 Å². The van der Waals surface area contributed by atoms with Gasteiger partial charge in [0.05, 0.1) is 25.2 Å². The molecule has 0 unspecified atom stereocenters. The second-order valence-electron chi connectivity index (χ2n) is 11.4. The van der Waals surface area contributed by atoms with Crippen molar-refractivity contribution < 1.29 is 4.74 Å². The Morgan fingerprint density at radius 1 is 0.913 bits per heavy atom. The molecule has 226 valence electrons. The number of hydrogen-bond acceptors (Lipinski definition) is 4. The van der Waals surface area contributed by atoms with Crippen LogP contribution in [0.1, 0.15) is 40.3 Å². The highest BCUT2D eigenvalue weighted by Gasteiger charge is 2.33. The van der Waals surface area contributed by atoms with E-state index in [-0.39, 0.29) is 11.6 Å². The third-order valence-electron chi connectivity index (χ3n) is 8.64. The summed E-state index contributed by atoms with van der Waals surface area (Å²) in [5.41, 5.74) is 7.30. The Morgan fingerprint density at radius 2 is 1.65 bits per heavy atom. The van der Waals surface area contributed by atoms with Gasteiger partial charge in [-0.3, -0.25) is 9.36 Å². The van der Waals surface area contributed by atoms with E-state index in [4.69, 9.17) is 21.3 Å². The van der Waals surface area contributed by atoms with E-state index in [1.165, 1.54) is 27.7 Å². The summed E-state index contributed by atoms with van der Waals surface area (Å²) in [5.74, 6) is 0.705. The monoisotopic (exact) mass is 766 g/mol. The maximum absolute atomic E-state index is 14.2. The van der Waals surface area contributed by atoms with E-state index in [0.29, 0.717) is 26.7 Å². The highest BCUT2D eigenvalue weighted by atomic mass is 79.9. The fourth-order valence-electron chi connectivity index (χ4n) is 6.52. The first-order valence-corrected chi connectivity index (χ1v) is 17.7. The largest absolute Gasteiger partial charge is 0.487 e. The number of hydrogen-bond donors (Lipinski definition) is 0. The molecule has 0 N–H and O–H groups in total. The second-order valence-corrected chi connectivity index (χ2v) is 14.5. The van der Waals surface area contributed by atoms with Crippen LogP contribution in [0.25, 0.3) is 22.5 Å². The summed E-state index contributed by atoms with van der Waals surface area (Å²) in [4.78, 5) is 20.0. The molecule has 1 aromatic heterocycles. The maximum atomic E-state index is 14.2. The van der Waals surface area contributed by atoms with Crippen molar-refractivity contribution in [1.82, 2.24) is 4.57 Å². The lowest BCUT2D eigenvalue weighted by Crippen LogP contribution is -2.38. The Labute approximate surface area is 291 Å². The second kappa shape index (κ2) is 12.1. The summed E-state index contributed by atoms with van der Waals surface area (Å²) < 4.78 is 10.3. The molecule has 0 saturated heterocycles. The fourth-order valence-corrected chi connectivity index (χ4v) is 9.21. The van der Waals surface area contributed by atoms with Crippen molar-refractivity contribution in [3.05, 3.63) is 170 Å². The van der Waals surface area contributed by atoms with Crippen LogP contribution in [0, 0.1) is 0 Å². The van der Waals surface area contributed by atoms with Gasteiger partial charge in [0, 0.05) is 10.6 Å². The van der Waals surface area contributed by atoms with Crippen molar-refractivity contribution in [1.29, 1.82) is 0 Å². The number of rotatable bonds is 5. The lowest BCUT2D eigenvalue weighted by Gasteiger charge is -2.31. The first kappa shape index (κ1) is 29.6. The van der Waals surface area contributed by atoms with Gasteiger partial charge in [-0.05, 0) is 108 Å². The van der Waals surface area contributed by atoms with Gasteiger partial charge in [0.15, 0.2) is 4.80 Å². The Morgan fingerprint density at radius 3 is 2.50 bits per heavy atom. The number of nitrogens with zero attached hydrogens (tertiary/aromatic N) is 2. The van der Waals surface area contributed by atoms with Gasteiger partial charge < -0.3 is 4.74 Å². The van der Waals surface area contributed by atoms with Gasteiger partial charge in [-0.25, -0.2) is 4.99 Å². The molecule has 5 aromatic carbocycles. The Kier molecular flexibility index (Phi) is 7.81. The Hall–Kier alpha value is -3.75. The minimum absolute atomic E-state index is 0.0809. The smallest absolute Gasteiger partial charge is 0.271 e. The van der Waals surface area contributed by atoms with E-state index >= 15 is 0 Å². The van der Waals surface area contributed by atoms with Gasteiger partial charge in [-0.1, -0.05) is 108 Å². The number of halogens is 3. The third kappa shape index (κ3) is 5.20. The number of aromatic nitrogens is 1. The average Bonchev–Trinajstić information content (AvgIpc) is 3.37. The van der Waals surface area contributed by atoms with Crippen LogP contribution < -0.4 is 19.6 Å². The minimum Gasteiger partial charge on any atom is -0.487 e. The van der Waals surface area contributed by atoms with Crippen molar-refractivity contribution >= 4 is 77.3 Å². The van der Waals surface area contributed by atoms with Gasteiger partial charge >= 0.3 is 0 Å². The van der Waals surface area contributed by atoms with E-state index in [1.807, 2.05) is 59.2 Å². The summed E-state index contributed by atoms with van der Waals surface area (Å²) in [6, 6.07) is 34.4. The molecule has 6 aromatic rings. The number of fused-ring (bicyclic) bond motifs is 4. The Balaban J connectivity index is 1.20. The lowest BCUT2D eigenvalue weighted by molar-refractivity contribution is 0.303. The van der Waals surface area contributed by atoms with Crippen LogP contribution in [0.3, 0.4) is 0 Å². The standard InChI is InChI=1S/C38H25Br2ClN2O2S/c39-30-18-22(19-31(40)36(30)45-21-25-11-7-10-23-8-1-3-12-26(23)25)20-33-37(44)43-35(28-14-5-6-15-32(28)41)29-17-16-24-9-2-4-13-27(24)34(29)42-38(43)46-33/h1-15,18-20,35H,16-17,21H2/b33-20-/t35-/m1/s1. The van der Waals surface area contributed by atoms with Crippen LogP contribution in [-0.4, -0.2) is 4.57 Å². The highest BCUT2D eigenvalue weighted by Crippen LogP contribution is 2.43. The summed E-state index contributed by atoms with van der Waals surface area (Å²) in [6.45, 7) is 0.423. The molecule has 4 nitrogen and oxygen atoms in total. The van der Waals surface area contributed by atoms with E-state index in [9.17, 15) is 4.79 Å². The molecule has 1 aliphatic heterocycles. The highest BCUT2D eigenvalue weighted by molar-refractivity contribution is 9.11. The van der Waals surface area contributed by atoms with E-state index in [2.05, 4.69) is 86.5 Å². The molecule has 0 saturated carbocycles. The molecule has 0 amide bonds. The summed E-state index contributed by atoms with van der Waals surface area (Å²) in [6.07, 6.45) is 3.64. The SMILES string of the molecule is O=c1/c(=C/c2cc(Br)c(OCc3cccc4ccccc34)c(Br)c2)sc2n1[C@H](c1ccccc1Cl)C1=C(N=2)c2ccccc2CC1. The van der Waals surface area contributed by atoms with E-state index in [1.54, 1.807) is 0 Å². The fraction of sp³-hybridized carbons (Fsp3) is 0.105. The first-order valence-electron chi connectivity index (χ1n) is 14.9. The maximum Gasteiger partial charge on any atom is 0.271 e. The van der Waals surface area contributed by atoms with Crippen LogP contribution in [0.2, 0.25) is 5.02 Å². The van der Waals surface area contributed by atoms with Gasteiger partial charge in [-0.15, -0.1) is 0 Å². The van der Waals surface area contributed by atoms with Crippen LogP contribution in [-0.2, 0) is 13.0 Å². The predicted octanol–water partition coefficient (Wildman–Crippen LogP) is 9.23. The van der Waals surface area contributed by atoms with Crippen LogP contribution in [0.15, 0.2) is 127 Å². The number of benzene rings is 5. The average molecular weight is 769 g/mol. The zero-order valence-electron chi connectivity index (χ0n) is 24.3. The van der Waals surface area contributed by atoms with Gasteiger partial charge in [0.25, 0.3) is 5.56 Å². The van der Waals surface area contributed by atoms with Crippen molar-refractivity contribution in [2.45, 2.75) is 25.5 Å². The lowest BCUT2D eigenvalue weighted by atomic mass is 9.83. The predicted molar refractivity (Wildman–Crippen MR) is 194 cm³/mol. The number of aryl methyl sites for hydroxylation is 1. The zero-order chi connectivity index (χ0) is 31.4. The summed E-state index contributed by atoms with van der Waals surface area (Å²) >= 11 is 15.6. The molecule has 46 heavy (non-hydrogen) atoms. The quantitative estimate of drug-likeness (QED) is 0.176. The van der Waals surface area contributed by atoms with Gasteiger partial charge in [-0.2, -0.15) is 0 Å². The molecule has 0 radical (unpaired) electrons. The van der Waals surface area contributed by atoms with Crippen molar-refractivity contribution in [2.24, 2.45) is 4.99 Å². The van der Waals surface area contributed by atoms with Gasteiger partial charge in [0.1, 0.15) is 12.4 Å². The molecule has 1 atom stereocenters. The van der Waals surface area contributed by atoms with Crippen LogP contribution >= 0.6 is 54.8 Å². The van der Waals surface area contributed by atoms with E-state index < -0.39 is 0 Å². The van der Waals surface area contributed by atoms with Gasteiger partial charge in [0.2, 0.25) is 0 Å². The molecule has 1 aliphatic carbocycles. The number of thiazole rings is 1. The minimum atomic E-state index is -0.321. The molecule has 0 bridgehead atoms. The molecule has 2 aliphatic rings. The van der Waals surface area contributed by atoms with Crippen molar-refractivity contribution in [3.8, 4) is 5.75 Å². The summed E-state index contributed by atoms with van der Waals surface area (Å²) in [5, 5.41) is 2.99. The topological polar surface area (TPSA) is 43.6 Å². The third-order valence-corrected chi connectivity index (χ3v) is 11.1. The normalized spacial score (nSPS) is 15.7. The molecule has 2 heterocycles. The first-order chi connectivity index (χ1) is 22.5. The zero-order valence-corrected chi connectivity index (χ0v) is 29.1. The molecule has 0 spiro atoms. The molecule has 8 rings (SSSR count). The number of ether oxygens (including phenoxy) is 1. The number of allylic oxidation sites excluding steroid dienone is 1. The molecule has 8 heteroatoms. The van der Waals surface area contributed by atoms with Crippen LogP contribution in [0.4, 0.5) is 0 Å².